The van der Waals surface area contributed by atoms with E-state index in [-0.39, 0.29) is 46.5 Å². The summed E-state index contributed by atoms with van der Waals surface area (Å²) < 4.78 is 1.54. The molecule has 1 fully saturated rings. The van der Waals surface area contributed by atoms with Gasteiger partial charge in [0.15, 0.2) is 0 Å². The van der Waals surface area contributed by atoms with Crippen LogP contribution in [0.25, 0.3) is 6.08 Å². The topological polar surface area (TPSA) is 88.3 Å². The molecule has 3 rings (SSSR count). The van der Waals surface area contributed by atoms with Gasteiger partial charge in [0.1, 0.15) is 16.8 Å². The summed E-state index contributed by atoms with van der Waals surface area (Å²) in [5.41, 5.74) is 1.17. The predicted octanol–water partition coefficient (Wildman–Crippen LogP) is -2.96. The molecule has 1 amide bonds. The average molecular weight is 287 g/mol. The summed E-state index contributed by atoms with van der Waals surface area (Å²) in [7, 11) is 1.73. The number of carboxylic acid groups (broad SMARTS) is 1. The number of rotatable bonds is 2. The van der Waals surface area contributed by atoms with Crippen LogP contribution in [0.2, 0.25) is 0 Å². The number of hydrogen-bond acceptors (Lipinski definition) is 5. The fourth-order valence-corrected chi connectivity index (χ4v) is 2.98. The van der Waals surface area contributed by atoms with Gasteiger partial charge in [-0.1, -0.05) is 5.21 Å². The monoisotopic (exact) mass is 287 g/mol. The van der Waals surface area contributed by atoms with Crippen molar-refractivity contribution in [1.29, 1.82) is 0 Å². The Kier molecular flexibility index (Phi) is 3.86. The van der Waals surface area contributed by atoms with Crippen molar-refractivity contribution in [2.24, 2.45) is 7.05 Å². The summed E-state index contributed by atoms with van der Waals surface area (Å²) in [6, 6.07) is 0. The third-order valence-electron chi connectivity index (χ3n) is 2.68. The second-order valence-corrected chi connectivity index (χ2v) is 4.84. The molecule has 1 aromatic rings. The third kappa shape index (κ3) is 2.25. The van der Waals surface area contributed by atoms with Crippen LogP contribution in [0, 0.1) is 0 Å². The maximum absolute atomic E-state index is 11.9. The van der Waals surface area contributed by atoms with Crippen molar-refractivity contribution in [3.05, 3.63) is 28.6 Å². The van der Waals surface area contributed by atoms with E-state index in [1.165, 1.54) is 26.8 Å². The van der Waals surface area contributed by atoms with Crippen molar-refractivity contribution in [2.45, 2.75) is 5.37 Å². The van der Waals surface area contributed by atoms with E-state index >= 15 is 0 Å². The number of amides is 1. The molecule has 0 aromatic carbocycles. The van der Waals surface area contributed by atoms with Gasteiger partial charge >= 0.3 is 35.5 Å². The van der Waals surface area contributed by atoms with Gasteiger partial charge in [-0.3, -0.25) is 14.4 Å². The molecule has 0 aliphatic carbocycles. The SMILES string of the molecule is Cn1cc(/C=C2/C(=O)N3C(C(=O)O)=CS[C@H]23)nn1.[Na+]. The van der Waals surface area contributed by atoms with E-state index in [1.807, 2.05) is 0 Å². The second kappa shape index (κ2) is 5.12. The quantitative estimate of drug-likeness (QED) is 0.355. The number of aryl methyl sites for hydroxylation is 1. The van der Waals surface area contributed by atoms with E-state index in [2.05, 4.69) is 10.3 Å². The molecule has 92 valence electrons. The Hall–Kier alpha value is -1.09. The van der Waals surface area contributed by atoms with Crippen LogP contribution in [-0.2, 0) is 16.6 Å². The van der Waals surface area contributed by atoms with E-state index in [0.717, 1.165) is 0 Å². The fourth-order valence-electron chi connectivity index (χ4n) is 1.86. The number of nitrogens with zero attached hydrogens (tertiary/aromatic N) is 4. The molecule has 7 nitrogen and oxygen atoms in total. The number of fused-ring (bicyclic) bond motifs is 1. The first-order valence-electron chi connectivity index (χ1n) is 5.08. The first-order chi connectivity index (χ1) is 8.58. The number of carbonyl (C=O) groups excluding carboxylic acids is 1. The minimum Gasteiger partial charge on any atom is -0.477 e. The minimum absolute atomic E-state index is 0. The Morgan fingerprint density at radius 2 is 2.32 bits per heavy atom. The zero-order valence-electron chi connectivity index (χ0n) is 10.3. The number of carbonyl (C=O) groups is 2. The van der Waals surface area contributed by atoms with E-state index < -0.39 is 5.97 Å². The largest absolute Gasteiger partial charge is 1.00 e. The Bertz CT molecular complexity index is 624. The van der Waals surface area contributed by atoms with E-state index in [0.29, 0.717) is 11.3 Å². The van der Waals surface area contributed by atoms with Gasteiger partial charge in [-0.25, -0.2) is 4.79 Å². The third-order valence-corrected chi connectivity index (χ3v) is 3.76. The molecule has 1 N–H and O–H groups in total. The van der Waals surface area contributed by atoms with Crippen molar-refractivity contribution in [1.82, 2.24) is 19.9 Å². The maximum atomic E-state index is 11.9. The van der Waals surface area contributed by atoms with Crippen LogP contribution >= 0.6 is 11.8 Å². The molecular weight excluding hydrogens is 279 g/mol. The average Bonchev–Trinajstić information content (AvgIpc) is 2.89. The van der Waals surface area contributed by atoms with Crippen LogP contribution in [0.3, 0.4) is 0 Å². The summed E-state index contributed by atoms with van der Waals surface area (Å²) in [5, 5.41) is 17.8. The zero-order valence-corrected chi connectivity index (χ0v) is 13.1. The second-order valence-electron chi connectivity index (χ2n) is 3.89. The summed E-state index contributed by atoms with van der Waals surface area (Å²) >= 11 is 1.31. The summed E-state index contributed by atoms with van der Waals surface area (Å²) in [6.45, 7) is 0. The van der Waals surface area contributed by atoms with E-state index in [4.69, 9.17) is 5.11 Å². The molecule has 1 saturated heterocycles. The fraction of sp³-hybridized carbons (Fsp3) is 0.200. The smallest absolute Gasteiger partial charge is 0.477 e. The summed E-state index contributed by atoms with van der Waals surface area (Å²) in [5.74, 6) is -1.37. The molecule has 0 bridgehead atoms. The minimum atomic E-state index is -1.09. The van der Waals surface area contributed by atoms with Crippen molar-refractivity contribution < 1.29 is 44.3 Å². The molecule has 0 radical (unpaired) electrons. The normalized spacial score (nSPS) is 22.7. The van der Waals surface area contributed by atoms with Crippen LogP contribution in [0.4, 0.5) is 0 Å². The molecule has 0 unspecified atom stereocenters. The van der Waals surface area contributed by atoms with Gasteiger partial charge in [0.25, 0.3) is 5.91 Å². The number of carboxylic acids is 1. The number of aliphatic carboxylic acids is 1. The molecule has 0 saturated carbocycles. The molecule has 19 heavy (non-hydrogen) atoms. The molecule has 0 spiro atoms. The van der Waals surface area contributed by atoms with Gasteiger partial charge in [0, 0.05) is 12.5 Å². The van der Waals surface area contributed by atoms with Crippen LogP contribution < -0.4 is 29.6 Å². The number of aromatic nitrogens is 3. The van der Waals surface area contributed by atoms with Crippen molar-refractivity contribution in [3.63, 3.8) is 0 Å². The molecule has 2 aliphatic rings. The Balaban J connectivity index is 0.00000133. The number of β-lactam (4-membered cyclic amide) rings is 1. The van der Waals surface area contributed by atoms with Gasteiger partial charge in [-0.2, -0.15) is 0 Å². The van der Waals surface area contributed by atoms with Crippen LogP contribution in [-0.4, -0.2) is 42.3 Å². The van der Waals surface area contributed by atoms with Crippen LogP contribution in [0.15, 0.2) is 22.9 Å². The molecule has 1 atom stereocenters. The molecule has 9 heteroatoms. The van der Waals surface area contributed by atoms with Gasteiger partial charge in [0.05, 0.1) is 11.8 Å². The van der Waals surface area contributed by atoms with Crippen molar-refractivity contribution >= 4 is 29.7 Å². The van der Waals surface area contributed by atoms with Crippen molar-refractivity contribution in [3.8, 4) is 0 Å². The van der Waals surface area contributed by atoms with Gasteiger partial charge < -0.3 is 5.11 Å². The molecule has 1 aromatic heterocycles. The molecule has 3 heterocycles. The maximum Gasteiger partial charge on any atom is 1.00 e. The van der Waals surface area contributed by atoms with Crippen LogP contribution in [0.5, 0.6) is 0 Å². The van der Waals surface area contributed by atoms with E-state index in [1.54, 1.807) is 19.3 Å². The van der Waals surface area contributed by atoms with Crippen LogP contribution in [0.1, 0.15) is 5.69 Å². The Labute approximate surface area is 134 Å². The summed E-state index contributed by atoms with van der Waals surface area (Å²) in [6.07, 6.45) is 3.33. The first kappa shape index (κ1) is 14.3. The molecular formula is C10H8N4NaO3S+. The number of thioether (sulfide) groups is 1. The number of hydrogen-bond donors (Lipinski definition) is 1. The summed E-state index contributed by atoms with van der Waals surface area (Å²) in [4.78, 5) is 24.0. The Morgan fingerprint density at radius 1 is 1.58 bits per heavy atom. The van der Waals surface area contributed by atoms with Crippen molar-refractivity contribution in [2.75, 3.05) is 0 Å². The van der Waals surface area contributed by atoms with Gasteiger partial charge in [-0.15, -0.1) is 16.9 Å². The predicted molar refractivity (Wildman–Crippen MR) is 62.9 cm³/mol. The zero-order chi connectivity index (χ0) is 12.9. The standard InChI is InChI=1S/C10H8N4O3S.Na/c1-13-3-5(11-12-13)2-6-8(15)14-7(10(16)17)4-18-9(6)14;/h2-4,9H,1H3,(H,16,17);/q;+1/b6-2-;/t9-;/m1./s1. The molecule has 2 aliphatic heterocycles. The van der Waals surface area contributed by atoms with Gasteiger partial charge in [-0.05, 0) is 6.08 Å². The Morgan fingerprint density at radius 3 is 2.89 bits per heavy atom. The van der Waals surface area contributed by atoms with Gasteiger partial charge in [0.2, 0.25) is 0 Å². The first-order valence-corrected chi connectivity index (χ1v) is 6.02. The van der Waals surface area contributed by atoms with E-state index in [9.17, 15) is 9.59 Å².